The summed E-state index contributed by atoms with van der Waals surface area (Å²) in [4.78, 5) is 16.5. The fraction of sp³-hybridized carbons (Fsp3) is 0.444. The molecule has 1 atom stereocenters. The maximum atomic E-state index is 12.9. The van der Waals surface area contributed by atoms with Gasteiger partial charge in [-0.1, -0.05) is 12.1 Å². The first kappa shape index (κ1) is 26.8. The van der Waals surface area contributed by atoms with Crippen molar-refractivity contribution in [1.82, 2.24) is 9.55 Å². The van der Waals surface area contributed by atoms with E-state index in [4.69, 9.17) is 14.2 Å². The van der Waals surface area contributed by atoms with E-state index in [0.29, 0.717) is 30.4 Å². The Labute approximate surface area is 223 Å². The van der Waals surface area contributed by atoms with Crippen molar-refractivity contribution in [1.29, 1.82) is 0 Å². The third kappa shape index (κ3) is 6.44. The predicted octanol–water partition coefficient (Wildman–Crippen LogP) is 5.47. The molecule has 1 saturated heterocycles. The fourth-order valence-electron chi connectivity index (χ4n) is 4.88. The molecule has 39 heavy (non-hydrogen) atoms. The summed E-state index contributed by atoms with van der Waals surface area (Å²) in [6, 6.07) is 13.3. The molecule has 0 radical (unpaired) electrons. The van der Waals surface area contributed by atoms with Crippen molar-refractivity contribution < 1.29 is 32.3 Å². The predicted molar refractivity (Wildman–Crippen MR) is 136 cm³/mol. The maximum absolute atomic E-state index is 12.9. The molecule has 3 heterocycles. The highest BCUT2D eigenvalue weighted by Gasteiger charge is 2.41. The molecule has 1 aromatic heterocycles. The molecular weight excluding hydrogens is 517 g/mol. The van der Waals surface area contributed by atoms with E-state index < -0.39 is 22.3 Å². The van der Waals surface area contributed by atoms with E-state index in [2.05, 4.69) is 9.88 Å². The highest BCUT2D eigenvalue weighted by molar-refractivity contribution is 5.49. The summed E-state index contributed by atoms with van der Waals surface area (Å²) in [6.07, 6.45) is -1.12. The number of fused-ring (bicyclic) bond motifs is 1. The van der Waals surface area contributed by atoms with Gasteiger partial charge in [0.15, 0.2) is 5.60 Å². The van der Waals surface area contributed by atoms with Gasteiger partial charge in [0.2, 0.25) is 0 Å². The van der Waals surface area contributed by atoms with Gasteiger partial charge in [-0.2, -0.15) is 13.2 Å². The summed E-state index contributed by atoms with van der Waals surface area (Å²) >= 11 is 0. The number of rotatable bonds is 9. The molecule has 2 aliphatic rings. The number of nitro groups is 1. The van der Waals surface area contributed by atoms with Gasteiger partial charge in [-0.15, -0.1) is 0 Å². The Bertz CT molecular complexity index is 1280. The SMILES string of the molecule is C[C@]1(COc2ccc(N3CCC(COCc4cccc(C(F)(F)F)c4)CC3)cc2)Cn2cc([N+](=O)[O-])nc2O1. The number of piperidine rings is 1. The van der Waals surface area contributed by atoms with Crippen LogP contribution in [0.1, 0.15) is 30.9 Å². The Hall–Kier alpha value is -3.80. The quantitative estimate of drug-likeness (QED) is 0.260. The van der Waals surface area contributed by atoms with Crippen LogP contribution in [0.3, 0.4) is 0 Å². The summed E-state index contributed by atoms with van der Waals surface area (Å²) < 4.78 is 57.8. The van der Waals surface area contributed by atoms with Gasteiger partial charge < -0.3 is 29.2 Å². The van der Waals surface area contributed by atoms with Crippen LogP contribution in [0.5, 0.6) is 11.8 Å². The smallest absolute Gasteiger partial charge is 0.416 e. The summed E-state index contributed by atoms with van der Waals surface area (Å²) in [5.74, 6) is 0.810. The molecule has 0 bridgehead atoms. The molecule has 0 saturated carbocycles. The fourth-order valence-corrected chi connectivity index (χ4v) is 4.88. The second-order valence-electron chi connectivity index (χ2n) is 10.2. The summed E-state index contributed by atoms with van der Waals surface area (Å²) in [7, 11) is 0. The first-order valence-electron chi connectivity index (χ1n) is 12.7. The molecule has 3 aromatic rings. The average Bonchev–Trinajstić information content (AvgIpc) is 3.44. The molecular formula is C27H29F3N4O5. The Balaban J connectivity index is 1.04. The van der Waals surface area contributed by atoms with Gasteiger partial charge in [-0.25, -0.2) is 0 Å². The Morgan fingerprint density at radius 2 is 1.92 bits per heavy atom. The molecule has 0 N–H and O–H groups in total. The zero-order valence-electron chi connectivity index (χ0n) is 21.4. The second kappa shape index (κ2) is 10.8. The van der Waals surface area contributed by atoms with Crippen LogP contribution in [0.4, 0.5) is 24.7 Å². The van der Waals surface area contributed by atoms with Crippen molar-refractivity contribution >= 4 is 11.5 Å². The monoisotopic (exact) mass is 546 g/mol. The van der Waals surface area contributed by atoms with Crippen LogP contribution in [0.15, 0.2) is 54.7 Å². The third-order valence-electron chi connectivity index (χ3n) is 6.99. The van der Waals surface area contributed by atoms with Crippen LogP contribution >= 0.6 is 0 Å². The van der Waals surface area contributed by atoms with E-state index in [1.54, 1.807) is 10.6 Å². The normalized spacial score (nSPS) is 19.5. The zero-order valence-corrected chi connectivity index (χ0v) is 21.4. The van der Waals surface area contributed by atoms with Crippen molar-refractivity contribution in [3.05, 3.63) is 76.0 Å². The van der Waals surface area contributed by atoms with E-state index in [0.717, 1.165) is 43.8 Å². The molecule has 0 unspecified atom stereocenters. The minimum Gasteiger partial charge on any atom is -0.489 e. The molecule has 0 aliphatic carbocycles. The van der Waals surface area contributed by atoms with Crippen molar-refractivity contribution in [2.45, 2.75) is 44.7 Å². The highest BCUT2D eigenvalue weighted by Crippen LogP contribution is 2.32. The summed E-state index contributed by atoms with van der Waals surface area (Å²) in [5, 5.41) is 10.9. The standard InChI is InChI=1S/C27H29F3N4O5/c1-26(17-33-14-24(34(35)36)31-25(33)39-26)18-38-23-7-5-22(6-8-23)32-11-9-19(10-12-32)15-37-16-20-3-2-4-21(13-20)27(28,29)30/h2-8,13-14,19H,9-12,15-18H2,1H3/t26-/m1/s1. The van der Waals surface area contributed by atoms with Gasteiger partial charge in [0.1, 0.15) is 18.6 Å². The first-order chi connectivity index (χ1) is 18.6. The largest absolute Gasteiger partial charge is 0.489 e. The number of imidazole rings is 1. The van der Waals surface area contributed by atoms with Gasteiger partial charge in [-0.3, -0.25) is 4.57 Å². The average molecular weight is 547 g/mol. The number of hydrogen-bond donors (Lipinski definition) is 0. The number of benzene rings is 2. The number of aromatic nitrogens is 2. The van der Waals surface area contributed by atoms with E-state index >= 15 is 0 Å². The molecule has 9 nitrogen and oxygen atoms in total. The van der Waals surface area contributed by atoms with E-state index in [9.17, 15) is 23.3 Å². The van der Waals surface area contributed by atoms with Gasteiger partial charge >= 0.3 is 18.0 Å². The molecule has 0 spiro atoms. The van der Waals surface area contributed by atoms with E-state index in [-0.39, 0.29) is 25.0 Å². The molecule has 12 heteroatoms. The van der Waals surface area contributed by atoms with Crippen LogP contribution in [-0.4, -0.2) is 46.4 Å². The van der Waals surface area contributed by atoms with Crippen molar-refractivity contribution in [2.75, 3.05) is 31.2 Å². The Morgan fingerprint density at radius 1 is 1.18 bits per heavy atom. The molecule has 2 aliphatic heterocycles. The minimum atomic E-state index is -4.35. The lowest BCUT2D eigenvalue weighted by atomic mass is 9.97. The van der Waals surface area contributed by atoms with Gasteiger partial charge in [-0.05, 0) is 72.6 Å². The summed E-state index contributed by atoms with van der Waals surface area (Å²) in [5.41, 5.74) is 0.270. The molecule has 0 amide bonds. The number of halogens is 3. The van der Waals surface area contributed by atoms with Crippen LogP contribution in [-0.2, 0) is 24.1 Å². The number of anilines is 1. The molecule has 2 aromatic carbocycles. The molecule has 208 valence electrons. The van der Waals surface area contributed by atoms with Crippen LogP contribution in [0, 0.1) is 16.0 Å². The Kier molecular flexibility index (Phi) is 7.39. The second-order valence-corrected chi connectivity index (χ2v) is 10.2. The van der Waals surface area contributed by atoms with Gasteiger partial charge in [0.05, 0.1) is 18.7 Å². The maximum Gasteiger partial charge on any atom is 0.416 e. The number of ether oxygens (including phenoxy) is 3. The number of alkyl halides is 3. The van der Waals surface area contributed by atoms with Crippen LogP contribution < -0.4 is 14.4 Å². The van der Waals surface area contributed by atoms with E-state index in [1.807, 2.05) is 31.2 Å². The van der Waals surface area contributed by atoms with Crippen molar-refractivity contribution in [3.8, 4) is 11.8 Å². The van der Waals surface area contributed by atoms with Gasteiger partial charge in [0, 0.05) is 30.4 Å². The summed E-state index contributed by atoms with van der Waals surface area (Å²) in [6.45, 7) is 4.94. The lowest BCUT2D eigenvalue weighted by molar-refractivity contribution is -0.389. The van der Waals surface area contributed by atoms with Crippen LogP contribution in [0.2, 0.25) is 0 Å². The number of hydrogen-bond acceptors (Lipinski definition) is 7. The Morgan fingerprint density at radius 3 is 2.59 bits per heavy atom. The van der Waals surface area contributed by atoms with Crippen molar-refractivity contribution in [2.24, 2.45) is 5.92 Å². The molecule has 1 fully saturated rings. The molecule has 5 rings (SSSR count). The topological polar surface area (TPSA) is 91.9 Å². The highest BCUT2D eigenvalue weighted by atomic mass is 19.4. The lowest BCUT2D eigenvalue weighted by Crippen LogP contribution is -2.38. The first-order valence-corrected chi connectivity index (χ1v) is 12.7. The zero-order chi connectivity index (χ0) is 27.6. The van der Waals surface area contributed by atoms with Crippen LogP contribution in [0.25, 0.3) is 0 Å². The van der Waals surface area contributed by atoms with Gasteiger partial charge in [0.25, 0.3) is 0 Å². The van der Waals surface area contributed by atoms with E-state index in [1.165, 1.54) is 12.3 Å². The third-order valence-corrected chi connectivity index (χ3v) is 6.99. The van der Waals surface area contributed by atoms with Crippen molar-refractivity contribution in [3.63, 3.8) is 0 Å². The number of nitrogens with zero attached hydrogens (tertiary/aromatic N) is 4. The lowest BCUT2D eigenvalue weighted by Gasteiger charge is -2.33. The minimum absolute atomic E-state index is 0.165.